The van der Waals surface area contributed by atoms with E-state index in [-0.39, 0.29) is 5.54 Å². The summed E-state index contributed by atoms with van der Waals surface area (Å²) < 4.78 is 0. The van der Waals surface area contributed by atoms with Crippen molar-refractivity contribution in [3.05, 3.63) is 11.6 Å². The molecule has 0 rings (SSSR count). The Bertz CT molecular complexity index is 261. The SMILES string of the molecule is CC(/C=C(\C)C[Si](C)(C)C)=NC(C)(C)C. The third-order valence-corrected chi connectivity index (χ3v) is 3.39. The van der Waals surface area contributed by atoms with E-state index < -0.39 is 8.07 Å². The highest BCUT2D eigenvalue weighted by Crippen LogP contribution is 2.16. The maximum absolute atomic E-state index is 4.63. The summed E-state index contributed by atoms with van der Waals surface area (Å²) in [6.07, 6.45) is 2.24. The molecule has 0 aliphatic carbocycles. The zero-order chi connectivity index (χ0) is 12.3. The standard InChI is InChI=1S/C13H27NSi/c1-11(10-15(6,7)8)9-12(2)14-13(3,4)5/h9H,10H2,1-8H3/b11-9+,14-12?. The van der Waals surface area contributed by atoms with E-state index in [4.69, 9.17) is 0 Å². The topological polar surface area (TPSA) is 12.4 Å². The van der Waals surface area contributed by atoms with Gasteiger partial charge in [-0.3, -0.25) is 4.99 Å². The minimum Gasteiger partial charge on any atom is -0.284 e. The first-order chi connectivity index (χ1) is 6.49. The number of hydrogen-bond acceptors (Lipinski definition) is 1. The second-order valence-electron chi connectivity index (χ2n) is 6.65. The number of hydrogen-bond donors (Lipinski definition) is 0. The zero-order valence-corrected chi connectivity index (χ0v) is 12.7. The van der Waals surface area contributed by atoms with Crippen molar-refractivity contribution in [2.75, 3.05) is 0 Å². The summed E-state index contributed by atoms with van der Waals surface area (Å²) in [6.45, 7) is 17.9. The van der Waals surface area contributed by atoms with Crippen LogP contribution in [0.3, 0.4) is 0 Å². The van der Waals surface area contributed by atoms with Crippen LogP contribution in [-0.4, -0.2) is 19.3 Å². The van der Waals surface area contributed by atoms with Crippen molar-refractivity contribution in [3.8, 4) is 0 Å². The van der Waals surface area contributed by atoms with Crippen molar-refractivity contribution in [1.82, 2.24) is 0 Å². The van der Waals surface area contributed by atoms with Gasteiger partial charge in [0.05, 0.1) is 5.54 Å². The average molecular weight is 225 g/mol. The predicted molar refractivity (Wildman–Crippen MR) is 74.8 cm³/mol. The molecule has 0 atom stereocenters. The highest BCUT2D eigenvalue weighted by molar-refractivity contribution is 6.76. The minimum atomic E-state index is -0.969. The van der Waals surface area contributed by atoms with E-state index in [1.54, 1.807) is 0 Å². The molecule has 0 spiro atoms. The molecule has 0 aliphatic heterocycles. The largest absolute Gasteiger partial charge is 0.284 e. The second kappa shape index (κ2) is 5.11. The summed E-state index contributed by atoms with van der Waals surface area (Å²) in [6, 6.07) is 1.27. The number of rotatable bonds is 3. The average Bonchev–Trinajstić information content (AvgIpc) is 1.73. The van der Waals surface area contributed by atoms with Gasteiger partial charge in [0.1, 0.15) is 0 Å². The predicted octanol–water partition coefficient (Wildman–Crippen LogP) is 4.53. The molecule has 1 nitrogen and oxygen atoms in total. The molecule has 0 fully saturated rings. The smallest absolute Gasteiger partial charge is 0.0527 e. The van der Waals surface area contributed by atoms with Gasteiger partial charge in [-0.1, -0.05) is 25.2 Å². The molecule has 15 heavy (non-hydrogen) atoms. The maximum atomic E-state index is 4.63. The van der Waals surface area contributed by atoms with E-state index in [1.807, 2.05) is 0 Å². The van der Waals surface area contributed by atoms with Crippen molar-refractivity contribution in [2.45, 2.75) is 65.8 Å². The second-order valence-corrected chi connectivity index (χ2v) is 12.1. The number of allylic oxidation sites excluding steroid dienone is 2. The lowest BCUT2D eigenvalue weighted by molar-refractivity contribution is 0.584. The van der Waals surface area contributed by atoms with Gasteiger partial charge in [-0.05, 0) is 46.7 Å². The molecule has 0 saturated heterocycles. The van der Waals surface area contributed by atoms with Crippen LogP contribution in [0, 0.1) is 0 Å². The molecule has 0 aromatic carbocycles. The molecule has 0 amide bonds. The molecule has 0 heterocycles. The first-order valence-electron chi connectivity index (χ1n) is 5.73. The van der Waals surface area contributed by atoms with Crippen LogP contribution >= 0.6 is 0 Å². The Labute approximate surface area is 96.7 Å². The fourth-order valence-electron chi connectivity index (χ4n) is 1.81. The Kier molecular flexibility index (Phi) is 4.98. The van der Waals surface area contributed by atoms with Gasteiger partial charge in [0, 0.05) is 13.8 Å². The highest BCUT2D eigenvalue weighted by atomic mass is 28.3. The molecule has 2 heteroatoms. The van der Waals surface area contributed by atoms with E-state index >= 15 is 0 Å². The third-order valence-electron chi connectivity index (χ3n) is 1.78. The summed E-state index contributed by atoms with van der Waals surface area (Å²) in [5.74, 6) is 0. The molecule has 0 aliphatic rings. The van der Waals surface area contributed by atoms with Gasteiger partial charge < -0.3 is 0 Å². The summed E-state index contributed by atoms with van der Waals surface area (Å²) in [5.41, 5.74) is 2.66. The van der Waals surface area contributed by atoms with Gasteiger partial charge in [0.25, 0.3) is 0 Å². The molecule has 0 aromatic heterocycles. The molecule has 88 valence electrons. The van der Waals surface area contributed by atoms with Crippen LogP contribution in [0.15, 0.2) is 16.6 Å². The summed E-state index contributed by atoms with van der Waals surface area (Å²) in [5, 5.41) is 0. The van der Waals surface area contributed by atoms with Crippen molar-refractivity contribution < 1.29 is 0 Å². The van der Waals surface area contributed by atoms with Gasteiger partial charge >= 0.3 is 0 Å². The fraction of sp³-hybridized carbons (Fsp3) is 0.769. The van der Waals surface area contributed by atoms with Crippen LogP contribution in [0.2, 0.25) is 25.7 Å². The molecule has 0 bridgehead atoms. The van der Waals surface area contributed by atoms with E-state index in [9.17, 15) is 0 Å². The molecule has 0 saturated carbocycles. The van der Waals surface area contributed by atoms with Crippen molar-refractivity contribution >= 4 is 13.8 Å². The van der Waals surface area contributed by atoms with E-state index in [0.29, 0.717) is 0 Å². The number of aliphatic imine (C=N–C) groups is 1. The monoisotopic (exact) mass is 225 g/mol. The van der Waals surface area contributed by atoms with E-state index in [1.165, 1.54) is 11.6 Å². The molecule has 0 aromatic rings. The van der Waals surface area contributed by atoms with Crippen molar-refractivity contribution in [1.29, 1.82) is 0 Å². The Morgan fingerprint density at radius 2 is 1.60 bits per heavy atom. The maximum Gasteiger partial charge on any atom is 0.0527 e. The lowest BCUT2D eigenvalue weighted by Gasteiger charge is -2.17. The molecular weight excluding hydrogens is 198 g/mol. The van der Waals surface area contributed by atoms with Gasteiger partial charge in [0.2, 0.25) is 0 Å². The Morgan fingerprint density at radius 3 is 1.93 bits per heavy atom. The van der Waals surface area contributed by atoms with Crippen LogP contribution < -0.4 is 0 Å². The third kappa shape index (κ3) is 9.92. The van der Waals surface area contributed by atoms with Crippen molar-refractivity contribution in [2.24, 2.45) is 4.99 Å². The summed E-state index contributed by atoms with van der Waals surface area (Å²) in [7, 11) is -0.969. The summed E-state index contributed by atoms with van der Waals surface area (Å²) in [4.78, 5) is 4.63. The van der Waals surface area contributed by atoms with E-state index in [2.05, 4.69) is 65.3 Å². The van der Waals surface area contributed by atoms with E-state index in [0.717, 1.165) is 5.71 Å². The van der Waals surface area contributed by atoms with Crippen LogP contribution in [0.4, 0.5) is 0 Å². The summed E-state index contributed by atoms with van der Waals surface area (Å²) >= 11 is 0. The Balaban J connectivity index is 4.57. The normalized spacial score (nSPS) is 15.7. The quantitative estimate of drug-likeness (QED) is 0.494. The fourth-order valence-corrected chi connectivity index (χ4v) is 3.58. The van der Waals surface area contributed by atoms with Crippen LogP contribution in [0.25, 0.3) is 0 Å². The Morgan fingerprint density at radius 1 is 1.13 bits per heavy atom. The molecular formula is C13H27NSi. The highest BCUT2D eigenvalue weighted by Gasteiger charge is 2.13. The van der Waals surface area contributed by atoms with Crippen LogP contribution in [0.5, 0.6) is 0 Å². The van der Waals surface area contributed by atoms with Crippen LogP contribution in [-0.2, 0) is 0 Å². The van der Waals surface area contributed by atoms with Gasteiger partial charge in [-0.15, -0.1) is 0 Å². The Hall–Kier alpha value is -0.373. The minimum absolute atomic E-state index is 0.0417. The van der Waals surface area contributed by atoms with Crippen LogP contribution in [0.1, 0.15) is 34.6 Å². The first kappa shape index (κ1) is 14.6. The van der Waals surface area contributed by atoms with Gasteiger partial charge in [-0.2, -0.15) is 0 Å². The molecule has 0 unspecified atom stereocenters. The lowest BCUT2D eigenvalue weighted by atomic mass is 10.1. The van der Waals surface area contributed by atoms with Crippen molar-refractivity contribution in [3.63, 3.8) is 0 Å². The van der Waals surface area contributed by atoms with Gasteiger partial charge in [0.15, 0.2) is 0 Å². The lowest BCUT2D eigenvalue weighted by Crippen LogP contribution is -2.19. The number of nitrogens with zero attached hydrogens (tertiary/aromatic N) is 1. The zero-order valence-electron chi connectivity index (χ0n) is 11.7. The molecule has 0 N–H and O–H groups in total. The molecule has 0 radical (unpaired) electrons. The van der Waals surface area contributed by atoms with Gasteiger partial charge in [-0.25, -0.2) is 0 Å². The first-order valence-corrected chi connectivity index (χ1v) is 9.44.